The van der Waals surface area contributed by atoms with Crippen molar-refractivity contribution < 1.29 is 9.13 Å². The summed E-state index contributed by atoms with van der Waals surface area (Å²) in [4.78, 5) is 14.6. The van der Waals surface area contributed by atoms with E-state index >= 15 is 0 Å². The Labute approximate surface area is 114 Å². The van der Waals surface area contributed by atoms with Crippen molar-refractivity contribution in [2.24, 2.45) is 0 Å². The van der Waals surface area contributed by atoms with Gasteiger partial charge in [-0.15, -0.1) is 0 Å². The van der Waals surface area contributed by atoms with Gasteiger partial charge in [0.15, 0.2) is 0 Å². The molecule has 0 fully saturated rings. The summed E-state index contributed by atoms with van der Waals surface area (Å²) in [6.07, 6.45) is 2.29. The third-order valence-corrected chi connectivity index (χ3v) is 3.36. The lowest BCUT2D eigenvalue weighted by atomic mass is 10.2. The van der Waals surface area contributed by atoms with Crippen LogP contribution in [0.15, 0.2) is 12.1 Å². The SMILES string of the molecule is CNc1ccc([N+](=O)[O-])c(NC(C)CCS(C)=O)n1. The molecule has 0 aliphatic carbocycles. The fourth-order valence-electron chi connectivity index (χ4n) is 1.49. The Morgan fingerprint density at radius 3 is 2.74 bits per heavy atom. The number of aromatic nitrogens is 1. The fourth-order valence-corrected chi connectivity index (χ4v) is 2.18. The number of hydrogen-bond donors (Lipinski definition) is 2. The summed E-state index contributed by atoms with van der Waals surface area (Å²) in [5.74, 6) is 1.33. The van der Waals surface area contributed by atoms with Gasteiger partial charge in [0.2, 0.25) is 5.82 Å². The Kier molecular flexibility index (Phi) is 5.68. The van der Waals surface area contributed by atoms with E-state index in [9.17, 15) is 14.3 Å². The van der Waals surface area contributed by atoms with Crippen molar-refractivity contribution in [3.05, 3.63) is 22.2 Å². The lowest BCUT2D eigenvalue weighted by molar-refractivity contribution is -0.384. The van der Waals surface area contributed by atoms with Gasteiger partial charge < -0.3 is 10.6 Å². The van der Waals surface area contributed by atoms with Crippen molar-refractivity contribution in [1.29, 1.82) is 0 Å². The maximum Gasteiger partial charge on any atom is 0.311 e. The second-order valence-corrected chi connectivity index (χ2v) is 5.74. The Morgan fingerprint density at radius 2 is 2.21 bits per heavy atom. The van der Waals surface area contributed by atoms with Crippen LogP contribution in [0.5, 0.6) is 0 Å². The van der Waals surface area contributed by atoms with Crippen LogP contribution in [0.4, 0.5) is 17.3 Å². The van der Waals surface area contributed by atoms with Crippen molar-refractivity contribution in [3.8, 4) is 0 Å². The van der Waals surface area contributed by atoms with Crippen LogP contribution in [-0.2, 0) is 10.8 Å². The minimum Gasteiger partial charge on any atom is -0.373 e. The molecule has 0 aromatic carbocycles. The summed E-state index contributed by atoms with van der Waals surface area (Å²) in [5, 5.41) is 16.8. The summed E-state index contributed by atoms with van der Waals surface area (Å²) >= 11 is 0. The lowest BCUT2D eigenvalue weighted by Gasteiger charge is -2.14. The molecule has 0 bridgehead atoms. The third-order valence-electron chi connectivity index (χ3n) is 2.55. The summed E-state index contributed by atoms with van der Waals surface area (Å²) in [5.41, 5.74) is -0.0662. The summed E-state index contributed by atoms with van der Waals surface area (Å²) in [7, 11) is 0.825. The molecule has 7 nitrogen and oxygen atoms in total. The van der Waals surface area contributed by atoms with E-state index in [-0.39, 0.29) is 17.5 Å². The zero-order chi connectivity index (χ0) is 14.4. The largest absolute Gasteiger partial charge is 0.373 e. The van der Waals surface area contributed by atoms with Crippen LogP contribution in [0.2, 0.25) is 0 Å². The molecular weight excluding hydrogens is 268 g/mol. The first-order valence-corrected chi connectivity index (χ1v) is 7.56. The van der Waals surface area contributed by atoms with Gasteiger partial charge >= 0.3 is 5.69 Å². The van der Waals surface area contributed by atoms with Crippen LogP contribution in [0.1, 0.15) is 13.3 Å². The van der Waals surface area contributed by atoms with Crippen LogP contribution >= 0.6 is 0 Å². The van der Waals surface area contributed by atoms with Gasteiger partial charge in [-0.2, -0.15) is 0 Å². The fraction of sp³-hybridized carbons (Fsp3) is 0.545. The molecule has 1 rings (SSSR count). The zero-order valence-corrected chi connectivity index (χ0v) is 12.0. The van der Waals surface area contributed by atoms with Gasteiger partial charge in [0, 0.05) is 42.0 Å². The molecule has 0 aliphatic heterocycles. The van der Waals surface area contributed by atoms with Crippen LogP contribution in [0.3, 0.4) is 0 Å². The predicted octanol–water partition coefficient (Wildman–Crippen LogP) is 1.60. The second kappa shape index (κ2) is 7.03. The van der Waals surface area contributed by atoms with E-state index in [2.05, 4.69) is 15.6 Å². The molecular formula is C11H18N4O3S. The molecule has 0 radical (unpaired) electrons. The highest BCUT2D eigenvalue weighted by Crippen LogP contribution is 2.24. The van der Waals surface area contributed by atoms with Crippen molar-refractivity contribution in [2.75, 3.05) is 29.7 Å². The monoisotopic (exact) mass is 286 g/mol. The van der Waals surface area contributed by atoms with Gasteiger partial charge in [0.05, 0.1) is 4.92 Å². The van der Waals surface area contributed by atoms with E-state index in [1.165, 1.54) is 6.07 Å². The molecule has 2 unspecified atom stereocenters. The van der Waals surface area contributed by atoms with Crippen LogP contribution in [-0.4, -0.2) is 39.2 Å². The first-order valence-electron chi connectivity index (χ1n) is 5.83. The number of rotatable bonds is 7. The van der Waals surface area contributed by atoms with E-state index in [1.807, 2.05) is 6.92 Å². The van der Waals surface area contributed by atoms with Crippen LogP contribution in [0, 0.1) is 10.1 Å². The van der Waals surface area contributed by atoms with Crippen LogP contribution < -0.4 is 10.6 Å². The topological polar surface area (TPSA) is 97.2 Å². The molecule has 8 heteroatoms. The van der Waals surface area contributed by atoms with Gasteiger partial charge in [-0.05, 0) is 19.4 Å². The highest BCUT2D eigenvalue weighted by atomic mass is 32.2. The standard InChI is InChI=1S/C11H18N4O3S/c1-8(6-7-19(3)18)13-11-9(15(16)17)4-5-10(12-2)14-11/h4-5,8H,6-7H2,1-3H3,(H2,12,13,14). The van der Waals surface area contributed by atoms with Crippen molar-refractivity contribution in [3.63, 3.8) is 0 Å². The molecule has 0 aliphatic rings. The first-order chi connectivity index (χ1) is 8.93. The first kappa shape index (κ1) is 15.4. The van der Waals surface area contributed by atoms with Crippen molar-refractivity contribution in [1.82, 2.24) is 4.98 Å². The minimum absolute atomic E-state index is 0.0396. The van der Waals surface area contributed by atoms with E-state index in [1.54, 1.807) is 19.4 Å². The normalized spacial score (nSPS) is 13.6. The van der Waals surface area contributed by atoms with E-state index in [0.717, 1.165) is 0 Å². The van der Waals surface area contributed by atoms with Crippen LogP contribution in [0.25, 0.3) is 0 Å². The Bertz CT molecular complexity index is 481. The van der Waals surface area contributed by atoms with Crippen molar-refractivity contribution >= 4 is 28.1 Å². The average Bonchev–Trinajstić information content (AvgIpc) is 2.35. The molecule has 0 spiro atoms. The van der Waals surface area contributed by atoms with Crippen molar-refractivity contribution in [2.45, 2.75) is 19.4 Å². The number of nitrogens with zero attached hydrogens (tertiary/aromatic N) is 2. The number of hydrogen-bond acceptors (Lipinski definition) is 6. The summed E-state index contributed by atoms with van der Waals surface area (Å²) in [6.45, 7) is 1.88. The van der Waals surface area contributed by atoms with Gasteiger partial charge in [0.1, 0.15) is 5.82 Å². The number of nitrogens with one attached hydrogen (secondary N) is 2. The molecule has 0 amide bonds. The molecule has 1 heterocycles. The number of nitro groups is 1. The Balaban J connectivity index is 2.84. The van der Waals surface area contributed by atoms with E-state index in [0.29, 0.717) is 18.0 Å². The molecule has 0 saturated heterocycles. The Morgan fingerprint density at radius 1 is 1.53 bits per heavy atom. The summed E-state index contributed by atoms with van der Waals surface area (Å²) < 4.78 is 11.0. The smallest absolute Gasteiger partial charge is 0.311 e. The number of pyridine rings is 1. The summed E-state index contributed by atoms with van der Waals surface area (Å²) in [6, 6.07) is 2.92. The molecule has 0 saturated carbocycles. The quantitative estimate of drug-likeness (QED) is 0.583. The highest BCUT2D eigenvalue weighted by Gasteiger charge is 2.17. The predicted molar refractivity (Wildman–Crippen MR) is 77.1 cm³/mol. The van der Waals surface area contributed by atoms with Gasteiger partial charge in [-0.25, -0.2) is 4.98 Å². The van der Waals surface area contributed by atoms with Gasteiger partial charge in [-0.3, -0.25) is 14.3 Å². The van der Waals surface area contributed by atoms with Gasteiger partial charge in [-0.1, -0.05) is 0 Å². The minimum atomic E-state index is -0.871. The third kappa shape index (κ3) is 4.82. The second-order valence-electron chi connectivity index (χ2n) is 4.18. The maximum absolute atomic E-state index is 11.0. The van der Waals surface area contributed by atoms with E-state index < -0.39 is 15.7 Å². The molecule has 1 aromatic heterocycles. The molecule has 106 valence electrons. The Hall–Kier alpha value is -1.70. The zero-order valence-electron chi connectivity index (χ0n) is 11.2. The molecule has 2 atom stereocenters. The maximum atomic E-state index is 11.0. The highest BCUT2D eigenvalue weighted by molar-refractivity contribution is 7.84. The average molecular weight is 286 g/mol. The number of anilines is 2. The lowest BCUT2D eigenvalue weighted by Crippen LogP contribution is -2.19. The molecule has 2 N–H and O–H groups in total. The molecule has 19 heavy (non-hydrogen) atoms. The molecule has 1 aromatic rings. The van der Waals surface area contributed by atoms with E-state index in [4.69, 9.17) is 0 Å². The van der Waals surface area contributed by atoms with Gasteiger partial charge in [0.25, 0.3) is 0 Å².